The van der Waals surface area contributed by atoms with E-state index in [4.69, 9.17) is 0 Å². The van der Waals surface area contributed by atoms with Gasteiger partial charge in [0.1, 0.15) is 0 Å². The van der Waals surface area contributed by atoms with E-state index in [0.717, 1.165) is 23.6 Å². The number of halogens is 2. The molecule has 25 heavy (non-hydrogen) atoms. The summed E-state index contributed by atoms with van der Waals surface area (Å²) in [5.41, 5.74) is 2.37. The van der Waals surface area contributed by atoms with Gasteiger partial charge in [-0.1, -0.05) is 18.2 Å². The molecule has 0 aliphatic carbocycles. The molecule has 1 amide bonds. The molecule has 0 aromatic heterocycles. The summed E-state index contributed by atoms with van der Waals surface area (Å²) < 4.78 is 27.0. The molecule has 1 saturated heterocycles. The van der Waals surface area contributed by atoms with Gasteiger partial charge in [0.05, 0.1) is 10.6 Å². The number of hydrogen-bond acceptors (Lipinski definition) is 3. The number of carbonyl (C=O) groups is 1. The van der Waals surface area contributed by atoms with Crippen molar-refractivity contribution >= 4 is 29.4 Å². The molecule has 1 heterocycles. The lowest BCUT2D eigenvalue weighted by Crippen LogP contribution is -2.29. The van der Waals surface area contributed by atoms with Gasteiger partial charge in [0.25, 0.3) is 5.91 Å². The largest absolute Gasteiger partial charge is 0.335 e. The van der Waals surface area contributed by atoms with Crippen LogP contribution in [-0.2, 0) is 0 Å². The molecule has 2 aromatic carbocycles. The monoisotopic (exact) mass is 379 g/mol. The molecule has 1 unspecified atom stereocenters. The van der Waals surface area contributed by atoms with Crippen molar-refractivity contribution in [3.63, 3.8) is 0 Å². The van der Waals surface area contributed by atoms with Crippen molar-refractivity contribution in [1.29, 1.82) is 0 Å². The number of nitrogens with zero attached hydrogens (tertiary/aromatic N) is 1. The van der Waals surface area contributed by atoms with E-state index >= 15 is 0 Å². The van der Waals surface area contributed by atoms with Crippen molar-refractivity contribution in [3.05, 3.63) is 70.8 Å². The molecule has 6 heteroatoms. The lowest BCUT2D eigenvalue weighted by molar-refractivity contribution is 0.0742. The molecule has 1 aliphatic heterocycles. The molecule has 0 spiro atoms. The molecule has 2 nitrogen and oxygen atoms in total. The fourth-order valence-corrected chi connectivity index (χ4v) is 5.57. The lowest BCUT2D eigenvalue weighted by Gasteiger charge is -2.25. The minimum absolute atomic E-state index is 0.143. The second kappa shape index (κ2) is 7.79. The lowest BCUT2D eigenvalue weighted by atomic mass is 10.1. The first-order valence-electron chi connectivity index (χ1n) is 8.02. The molecule has 1 fully saturated rings. The second-order valence-corrected chi connectivity index (χ2v) is 8.69. The van der Waals surface area contributed by atoms with Gasteiger partial charge >= 0.3 is 0 Å². The molecule has 0 N–H and O–H groups in total. The van der Waals surface area contributed by atoms with E-state index in [1.54, 1.807) is 18.9 Å². The molecule has 0 bridgehead atoms. The van der Waals surface area contributed by atoms with Crippen molar-refractivity contribution in [2.24, 2.45) is 0 Å². The number of benzene rings is 2. The van der Waals surface area contributed by atoms with Crippen LogP contribution in [0.4, 0.5) is 8.78 Å². The van der Waals surface area contributed by atoms with E-state index < -0.39 is 11.6 Å². The molecular weight excluding hydrogens is 360 g/mol. The predicted octanol–water partition coefficient (Wildman–Crippen LogP) is 5.28. The quantitative estimate of drug-likeness (QED) is 0.721. The van der Waals surface area contributed by atoms with Crippen LogP contribution in [-0.4, -0.2) is 29.4 Å². The van der Waals surface area contributed by atoms with Crippen LogP contribution in [0, 0.1) is 11.6 Å². The highest BCUT2D eigenvalue weighted by Gasteiger charge is 2.22. The maximum Gasteiger partial charge on any atom is 0.254 e. The average molecular weight is 379 g/mol. The fourth-order valence-electron chi connectivity index (χ4n) is 2.71. The molecule has 132 valence electrons. The number of amides is 1. The minimum atomic E-state index is -0.902. The summed E-state index contributed by atoms with van der Waals surface area (Å²) in [5.74, 6) is 0.384. The van der Waals surface area contributed by atoms with Crippen LogP contribution in [0.1, 0.15) is 39.0 Å². The average Bonchev–Trinajstić information content (AvgIpc) is 3.17. The Morgan fingerprint density at radius 2 is 1.72 bits per heavy atom. The summed E-state index contributed by atoms with van der Waals surface area (Å²) in [5, 5.41) is 0. The Balaban J connectivity index is 1.73. The van der Waals surface area contributed by atoms with Gasteiger partial charge in [-0.3, -0.25) is 4.79 Å². The van der Waals surface area contributed by atoms with Gasteiger partial charge in [0.15, 0.2) is 11.6 Å². The van der Waals surface area contributed by atoms with Crippen LogP contribution < -0.4 is 0 Å². The third kappa shape index (κ3) is 4.01. The SMILES string of the molecule is CC(c1ccc(F)c(F)c1)N(C)C(=O)c1ccc(C2SCCS2)cc1. The molecule has 1 aliphatic rings. The van der Waals surface area contributed by atoms with Gasteiger partial charge in [-0.2, -0.15) is 0 Å². The molecule has 2 aromatic rings. The van der Waals surface area contributed by atoms with E-state index in [-0.39, 0.29) is 11.9 Å². The van der Waals surface area contributed by atoms with Crippen molar-refractivity contribution in [2.45, 2.75) is 17.5 Å². The van der Waals surface area contributed by atoms with Gasteiger partial charge in [-0.15, -0.1) is 23.5 Å². The maximum atomic E-state index is 13.4. The Morgan fingerprint density at radius 1 is 1.08 bits per heavy atom. The Kier molecular flexibility index (Phi) is 5.69. The van der Waals surface area contributed by atoms with Crippen LogP contribution in [0.3, 0.4) is 0 Å². The Morgan fingerprint density at radius 3 is 2.32 bits per heavy atom. The zero-order valence-electron chi connectivity index (χ0n) is 14.0. The Bertz CT molecular complexity index is 761. The highest BCUT2D eigenvalue weighted by atomic mass is 32.2. The van der Waals surface area contributed by atoms with E-state index in [0.29, 0.717) is 15.7 Å². The van der Waals surface area contributed by atoms with Gasteiger partial charge < -0.3 is 4.90 Å². The van der Waals surface area contributed by atoms with Gasteiger partial charge in [0, 0.05) is 24.1 Å². The van der Waals surface area contributed by atoms with Gasteiger partial charge in [0.2, 0.25) is 0 Å². The fraction of sp³-hybridized carbons (Fsp3) is 0.316. The Hall–Kier alpha value is -1.53. The molecule has 0 radical (unpaired) electrons. The third-order valence-electron chi connectivity index (χ3n) is 4.38. The number of thioether (sulfide) groups is 2. The van der Waals surface area contributed by atoms with Crippen molar-refractivity contribution in [2.75, 3.05) is 18.6 Å². The first kappa shape index (κ1) is 18.3. The van der Waals surface area contributed by atoms with Gasteiger partial charge in [-0.05, 0) is 42.3 Å². The molecule has 1 atom stereocenters. The van der Waals surface area contributed by atoms with E-state index in [1.165, 1.54) is 11.6 Å². The number of hydrogen-bond donors (Lipinski definition) is 0. The van der Waals surface area contributed by atoms with Crippen molar-refractivity contribution in [3.8, 4) is 0 Å². The Labute approximate surface area is 155 Å². The van der Waals surface area contributed by atoms with Crippen LogP contribution in [0.5, 0.6) is 0 Å². The summed E-state index contributed by atoms with van der Waals surface area (Å²) in [6.45, 7) is 1.80. The maximum absolute atomic E-state index is 13.4. The van der Waals surface area contributed by atoms with Crippen LogP contribution in [0.2, 0.25) is 0 Å². The zero-order chi connectivity index (χ0) is 18.0. The highest BCUT2D eigenvalue weighted by molar-refractivity contribution is 8.19. The van der Waals surface area contributed by atoms with Crippen LogP contribution in [0.25, 0.3) is 0 Å². The van der Waals surface area contributed by atoms with E-state index in [2.05, 4.69) is 0 Å². The standard InChI is InChI=1S/C19H19F2NOS2/c1-12(15-7-8-16(20)17(21)11-15)22(2)18(23)13-3-5-14(6-4-13)19-24-9-10-25-19/h3-8,11-12,19H,9-10H2,1-2H3. The highest BCUT2D eigenvalue weighted by Crippen LogP contribution is 2.45. The summed E-state index contributed by atoms with van der Waals surface area (Å²) in [6.07, 6.45) is 0. The first-order chi connectivity index (χ1) is 12.0. The van der Waals surface area contributed by atoms with Crippen LogP contribution in [0.15, 0.2) is 42.5 Å². The van der Waals surface area contributed by atoms with Crippen molar-refractivity contribution < 1.29 is 13.6 Å². The molecule has 0 saturated carbocycles. The molecule has 3 rings (SSSR count). The van der Waals surface area contributed by atoms with E-state index in [9.17, 15) is 13.6 Å². The normalized spacial score (nSPS) is 16.0. The smallest absolute Gasteiger partial charge is 0.254 e. The first-order valence-corrected chi connectivity index (χ1v) is 10.1. The zero-order valence-corrected chi connectivity index (χ0v) is 15.7. The number of carbonyl (C=O) groups excluding carboxylic acids is 1. The summed E-state index contributed by atoms with van der Waals surface area (Å²) in [4.78, 5) is 14.2. The summed E-state index contributed by atoms with van der Waals surface area (Å²) in [6, 6.07) is 11.1. The summed E-state index contributed by atoms with van der Waals surface area (Å²) in [7, 11) is 1.67. The van der Waals surface area contributed by atoms with E-state index in [1.807, 2.05) is 47.8 Å². The molecular formula is C19H19F2NOS2. The minimum Gasteiger partial charge on any atom is -0.335 e. The second-order valence-electron chi connectivity index (χ2n) is 5.96. The van der Waals surface area contributed by atoms with Crippen molar-refractivity contribution in [1.82, 2.24) is 4.90 Å². The van der Waals surface area contributed by atoms with Gasteiger partial charge in [-0.25, -0.2) is 8.78 Å². The third-order valence-corrected chi connectivity index (χ3v) is 7.48. The predicted molar refractivity (Wildman–Crippen MR) is 101 cm³/mol. The number of rotatable bonds is 4. The summed E-state index contributed by atoms with van der Waals surface area (Å²) >= 11 is 3.84. The van der Waals surface area contributed by atoms with Crippen LogP contribution >= 0.6 is 23.5 Å². The topological polar surface area (TPSA) is 20.3 Å².